The summed E-state index contributed by atoms with van der Waals surface area (Å²) in [4.78, 5) is 0. The molecule has 3 heteroatoms. The SMILES string of the molecule is CC(C)(CO)SCCCF. The number of halogens is 1. The van der Waals surface area contributed by atoms with Crippen LogP contribution in [-0.4, -0.2) is 28.9 Å². The summed E-state index contributed by atoms with van der Waals surface area (Å²) < 4.78 is 11.5. The molecule has 0 aliphatic carbocycles. The monoisotopic (exact) mass is 166 g/mol. The lowest BCUT2D eigenvalue weighted by molar-refractivity contribution is 0.265. The topological polar surface area (TPSA) is 20.2 Å². The predicted molar refractivity (Wildman–Crippen MR) is 44.2 cm³/mol. The molecule has 0 amide bonds. The lowest BCUT2D eigenvalue weighted by atomic mass is 10.2. The number of thioether (sulfide) groups is 1. The summed E-state index contributed by atoms with van der Waals surface area (Å²) in [5.74, 6) is 0.796. The number of rotatable bonds is 5. The Bertz CT molecular complexity index is 85.7. The molecule has 0 atom stereocenters. The minimum atomic E-state index is -0.255. The maximum atomic E-state index is 11.6. The Balaban J connectivity index is 3.28. The first kappa shape index (κ1) is 10.2. The summed E-state index contributed by atoms with van der Waals surface area (Å²) in [6.07, 6.45) is 0.591. The zero-order valence-electron chi connectivity index (χ0n) is 6.56. The van der Waals surface area contributed by atoms with Crippen molar-refractivity contribution < 1.29 is 9.50 Å². The first-order valence-electron chi connectivity index (χ1n) is 3.43. The number of hydrogen-bond acceptors (Lipinski definition) is 2. The highest BCUT2D eigenvalue weighted by molar-refractivity contribution is 8.00. The number of aliphatic hydroxyl groups is 1. The lowest BCUT2D eigenvalue weighted by Gasteiger charge is -2.20. The van der Waals surface area contributed by atoms with Gasteiger partial charge in [-0.1, -0.05) is 0 Å². The van der Waals surface area contributed by atoms with Crippen LogP contribution in [0.3, 0.4) is 0 Å². The van der Waals surface area contributed by atoms with E-state index in [1.54, 1.807) is 11.8 Å². The van der Waals surface area contributed by atoms with Crippen LogP contribution in [0.15, 0.2) is 0 Å². The molecule has 0 aliphatic rings. The van der Waals surface area contributed by atoms with E-state index in [2.05, 4.69) is 0 Å². The molecule has 0 fully saturated rings. The van der Waals surface area contributed by atoms with Crippen LogP contribution in [0.1, 0.15) is 20.3 Å². The highest BCUT2D eigenvalue weighted by Crippen LogP contribution is 2.23. The van der Waals surface area contributed by atoms with Crippen LogP contribution in [-0.2, 0) is 0 Å². The third kappa shape index (κ3) is 5.06. The van der Waals surface area contributed by atoms with Gasteiger partial charge in [0.1, 0.15) is 0 Å². The van der Waals surface area contributed by atoms with E-state index in [1.807, 2.05) is 13.8 Å². The number of aliphatic hydroxyl groups excluding tert-OH is 1. The van der Waals surface area contributed by atoms with Gasteiger partial charge in [-0.3, -0.25) is 4.39 Å². The van der Waals surface area contributed by atoms with Gasteiger partial charge in [-0.15, -0.1) is 0 Å². The summed E-state index contributed by atoms with van der Waals surface area (Å²) in [5.41, 5.74) is 0. The standard InChI is InChI=1S/C7H15FOS/c1-7(2,6-9)10-5-3-4-8/h9H,3-6H2,1-2H3. The second kappa shape index (κ2) is 4.97. The Morgan fingerprint density at radius 1 is 1.50 bits per heavy atom. The van der Waals surface area contributed by atoms with Gasteiger partial charge in [-0.05, 0) is 26.0 Å². The zero-order valence-corrected chi connectivity index (χ0v) is 7.38. The average Bonchev–Trinajstić information content (AvgIpc) is 1.89. The maximum absolute atomic E-state index is 11.6. The van der Waals surface area contributed by atoms with Gasteiger partial charge in [0.15, 0.2) is 0 Å². The molecule has 0 spiro atoms. The van der Waals surface area contributed by atoms with Gasteiger partial charge in [0.25, 0.3) is 0 Å². The smallest absolute Gasteiger partial charge is 0.0902 e. The fourth-order valence-corrected chi connectivity index (χ4v) is 1.35. The molecule has 10 heavy (non-hydrogen) atoms. The molecule has 0 saturated heterocycles. The van der Waals surface area contributed by atoms with Gasteiger partial charge in [0.2, 0.25) is 0 Å². The van der Waals surface area contributed by atoms with E-state index in [0.29, 0.717) is 6.42 Å². The van der Waals surface area contributed by atoms with Crippen LogP contribution in [0.25, 0.3) is 0 Å². The minimum Gasteiger partial charge on any atom is -0.395 e. The Morgan fingerprint density at radius 3 is 2.50 bits per heavy atom. The van der Waals surface area contributed by atoms with Gasteiger partial charge in [-0.25, -0.2) is 0 Å². The van der Waals surface area contributed by atoms with Crippen molar-refractivity contribution in [3.05, 3.63) is 0 Å². The molecule has 0 aliphatic heterocycles. The molecule has 0 saturated carbocycles. The molecule has 0 radical (unpaired) electrons. The quantitative estimate of drug-likeness (QED) is 0.629. The fourth-order valence-electron chi connectivity index (χ4n) is 0.449. The Hall–Kier alpha value is 0.240. The van der Waals surface area contributed by atoms with Gasteiger partial charge in [0.05, 0.1) is 13.3 Å². The van der Waals surface area contributed by atoms with Crippen molar-refractivity contribution in [3.8, 4) is 0 Å². The summed E-state index contributed by atoms with van der Waals surface area (Å²) in [7, 11) is 0. The third-order valence-corrected chi connectivity index (χ3v) is 2.55. The average molecular weight is 166 g/mol. The molecule has 1 N–H and O–H groups in total. The second-order valence-electron chi connectivity index (χ2n) is 2.81. The zero-order chi connectivity index (χ0) is 8.04. The highest BCUT2D eigenvalue weighted by Gasteiger charge is 2.15. The number of alkyl halides is 1. The normalized spacial score (nSPS) is 12.0. The van der Waals surface area contributed by atoms with E-state index < -0.39 is 0 Å². The van der Waals surface area contributed by atoms with Crippen LogP contribution in [0, 0.1) is 0 Å². The van der Waals surface area contributed by atoms with Crippen LogP contribution >= 0.6 is 11.8 Å². The summed E-state index contributed by atoms with van der Waals surface area (Å²) in [5, 5.41) is 8.78. The molecule has 0 bridgehead atoms. The van der Waals surface area contributed by atoms with Crippen molar-refractivity contribution in [1.29, 1.82) is 0 Å². The first-order chi connectivity index (χ1) is 4.62. The molecule has 0 rings (SSSR count). The van der Waals surface area contributed by atoms with E-state index in [9.17, 15) is 4.39 Å². The largest absolute Gasteiger partial charge is 0.395 e. The van der Waals surface area contributed by atoms with Gasteiger partial charge in [0, 0.05) is 4.75 Å². The lowest BCUT2D eigenvalue weighted by Crippen LogP contribution is -2.20. The van der Waals surface area contributed by atoms with Crippen molar-refractivity contribution in [2.75, 3.05) is 19.0 Å². The molecule has 1 nitrogen and oxygen atoms in total. The third-order valence-electron chi connectivity index (χ3n) is 1.15. The molecule has 62 valence electrons. The van der Waals surface area contributed by atoms with E-state index in [-0.39, 0.29) is 18.0 Å². The van der Waals surface area contributed by atoms with Gasteiger partial charge >= 0.3 is 0 Å². The van der Waals surface area contributed by atoms with Crippen LogP contribution in [0.5, 0.6) is 0 Å². The Labute approximate surface area is 66.0 Å². The van der Waals surface area contributed by atoms with Gasteiger partial charge in [-0.2, -0.15) is 11.8 Å². The van der Waals surface area contributed by atoms with Crippen LogP contribution in [0.4, 0.5) is 4.39 Å². The van der Waals surface area contributed by atoms with Crippen LogP contribution in [0.2, 0.25) is 0 Å². The Kier molecular flexibility index (Phi) is 5.09. The molecule has 0 unspecified atom stereocenters. The molecule has 0 heterocycles. The minimum absolute atomic E-state index is 0.102. The molecule has 0 aromatic rings. The number of hydrogen-bond donors (Lipinski definition) is 1. The van der Waals surface area contributed by atoms with Crippen molar-refractivity contribution in [2.45, 2.75) is 25.0 Å². The van der Waals surface area contributed by atoms with Crippen molar-refractivity contribution in [2.24, 2.45) is 0 Å². The summed E-state index contributed by atoms with van der Waals surface area (Å²) in [6, 6.07) is 0. The molecular weight excluding hydrogens is 151 g/mol. The molecule has 0 aromatic carbocycles. The fraction of sp³-hybridized carbons (Fsp3) is 1.00. The van der Waals surface area contributed by atoms with E-state index in [4.69, 9.17) is 5.11 Å². The first-order valence-corrected chi connectivity index (χ1v) is 4.42. The highest BCUT2D eigenvalue weighted by atomic mass is 32.2. The van der Waals surface area contributed by atoms with Crippen LogP contribution < -0.4 is 0 Å². The molecular formula is C7H15FOS. The summed E-state index contributed by atoms with van der Waals surface area (Å²) >= 11 is 1.61. The van der Waals surface area contributed by atoms with Crippen molar-refractivity contribution in [3.63, 3.8) is 0 Å². The second-order valence-corrected chi connectivity index (χ2v) is 4.61. The Morgan fingerprint density at radius 2 is 2.10 bits per heavy atom. The van der Waals surface area contributed by atoms with E-state index in [1.165, 1.54) is 0 Å². The maximum Gasteiger partial charge on any atom is 0.0902 e. The van der Waals surface area contributed by atoms with E-state index >= 15 is 0 Å². The predicted octanol–water partition coefficient (Wildman–Crippen LogP) is 1.85. The molecule has 0 aromatic heterocycles. The van der Waals surface area contributed by atoms with Crippen molar-refractivity contribution in [1.82, 2.24) is 0 Å². The van der Waals surface area contributed by atoms with Crippen molar-refractivity contribution >= 4 is 11.8 Å². The summed E-state index contributed by atoms with van der Waals surface area (Å²) in [6.45, 7) is 3.81. The van der Waals surface area contributed by atoms with E-state index in [0.717, 1.165) is 5.75 Å². The van der Waals surface area contributed by atoms with Gasteiger partial charge < -0.3 is 5.11 Å².